The van der Waals surface area contributed by atoms with Crippen LogP contribution >= 0.6 is 23.2 Å². The molecule has 0 aromatic heterocycles. The first-order chi connectivity index (χ1) is 16.4. The second kappa shape index (κ2) is 11.2. The Morgan fingerprint density at radius 3 is 2.50 bits per heavy atom. The zero-order chi connectivity index (χ0) is 24.1. The van der Waals surface area contributed by atoms with E-state index in [-0.39, 0.29) is 24.4 Å². The first kappa shape index (κ1) is 24.6. The molecule has 0 saturated heterocycles. The Hall–Kier alpha value is -2.56. The van der Waals surface area contributed by atoms with Crippen molar-refractivity contribution in [1.29, 1.82) is 0 Å². The SMILES string of the molecule is CC(C(=O)NC1CCCC1)N(Cc1ccc(Cl)cc1Cl)C(=O)CCc1cccc2ccccc12. The number of halogens is 2. The molecule has 6 heteroatoms. The van der Waals surface area contributed by atoms with E-state index in [0.29, 0.717) is 22.9 Å². The Bertz CT molecular complexity index is 1170. The van der Waals surface area contributed by atoms with Gasteiger partial charge in [0, 0.05) is 29.1 Å². The molecule has 1 aliphatic carbocycles. The van der Waals surface area contributed by atoms with Gasteiger partial charge < -0.3 is 10.2 Å². The number of benzene rings is 3. The van der Waals surface area contributed by atoms with E-state index in [9.17, 15) is 9.59 Å². The largest absolute Gasteiger partial charge is 0.352 e. The third-order valence-electron chi connectivity index (χ3n) is 6.71. The molecule has 4 nitrogen and oxygen atoms in total. The van der Waals surface area contributed by atoms with Gasteiger partial charge in [-0.25, -0.2) is 0 Å². The van der Waals surface area contributed by atoms with Crippen LogP contribution in [0.3, 0.4) is 0 Å². The number of nitrogens with zero attached hydrogens (tertiary/aromatic N) is 1. The van der Waals surface area contributed by atoms with Crippen molar-refractivity contribution in [2.75, 3.05) is 0 Å². The fraction of sp³-hybridized carbons (Fsp3) is 0.357. The van der Waals surface area contributed by atoms with Crippen LogP contribution in [0.1, 0.15) is 50.2 Å². The highest BCUT2D eigenvalue weighted by molar-refractivity contribution is 6.35. The summed E-state index contributed by atoms with van der Waals surface area (Å²) in [6.07, 6.45) is 5.16. The number of nitrogens with one attached hydrogen (secondary N) is 1. The number of carbonyl (C=O) groups excluding carboxylic acids is 2. The normalized spacial score (nSPS) is 14.8. The van der Waals surface area contributed by atoms with Crippen molar-refractivity contribution in [3.8, 4) is 0 Å². The summed E-state index contributed by atoms with van der Waals surface area (Å²) in [6.45, 7) is 2.05. The van der Waals surface area contributed by atoms with Crippen LogP contribution in [0.2, 0.25) is 10.0 Å². The molecule has 2 amide bonds. The highest BCUT2D eigenvalue weighted by Gasteiger charge is 2.28. The number of amides is 2. The third-order valence-corrected chi connectivity index (χ3v) is 7.30. The maximum atomic E-state index is 13.5. The van der Waals surface area contributed by atoms with Gasteiger partial charge in [0.15, 0.2) is 0 Å². The van der Waals surface area contributed by atoms with E-state index in [4.69, 9.17) is 23.2 Å². The summed E-state index contributed by atoms with van der Waals surface area (Å²) < 4.78 is 0. The van der Waals surface area contributed by atoms with Gasteiger partial charge in [-0.2, -0.15) is 0 Å². The molecular formula is C28H30Cl2N2O2. The second-order valence-corrected chi connectivity index (χ2v) is 9.91. The Labute approximate surface area is 211 Å². The van der Waals surface area contributed by atoms with Crippen LogP contribution in [0.5, 0.6) is 0 Å². The molecular weight excluding hydrogens is 467 g/mol. The average molecular weight is 497 g/mol. The molecule has 4 rings (SSSR count). The van der Waals surface area contributed by atoms with Crippen LogP contribution in [-0.4, -0.2) is 28.8 Å². The van der Waals surface area contributed by atoms with Gasteiger partial charge in [0.2, 0.25) is 11.8 Å². The number of carbonyl (C=O) groups is 2. The van der Waals surface area contributed by atoms with Crippen LogP contribution in [0, 0.1) is 0 Å². The molecule has 1 atom stereocenters. The molecule has 1 N–H and O–H groups in total. The zero-order valence-electron chi connectivity index (χ0n) is 19.4. The van der Waals surface area contributed by atoms with Crippen LogP contribution in [0.4, 0.5) is 0 Å². The number of fused-ring (bicyclic) bond motifs is 1. The first-order valence-corrected chi connectivity index (χ1v) is 12.7. The van der Waals surface area contributed by atoms with Gasteiger partial charge >= 0.3 is 0 Å². The summed E-state index contributed by atoms with van der Waals surface area (Å²) in [5, 5.41) is 6.46. The van der Waals surface area contributed by atoms with Crippen molar-refractivity contribution in [3.63, 3.8) is 0 Å². The minimum atomic E-state index is -0.604. The molecule has 1 fully saturated rings. The monoisotopic (exact) mass is 496 g/mol. The number of hydrogen-bond donors (Lipinski definition) is 1. The molecule has 0 heterocycles. The average Bonchev–Trinajstić information content (AvgIpc) is 3.34. The molecule has 1 aliphatic rings. The standard InChI is InChI=1S/C28H30Cl2N2O2/c1-19(28(34)31-24-10-3-4-11-24)32(18-22-13-15-23(29)17-26(22)30)27(33)16-14-21-9-6-8-20-7-2-5-12-25(20)21/h2,5-9,12-13,15,17,19,24H,3-4,10-11,14,16,18H2,1H3,(H,31,34). The molecule has 3 aromatic carbocycles. The summed E-state index contributed by atoms with van der Waals surface area (Å²) in [6, 6.07) is 19.2. The zero-order valence-corrected chi connectivity index (χ0v) is 20.9. The lowest BCUT2D eigenvalue weighted by Gasteiger charge is -2.30. The molecule has 1 saturated carbocycles. The molecule has 178 valence electrons. The van der Waals surface area contributed by atoms with Crippen molar-refractivity contribution >= 4 is 45.8 Å². The predicted molar refractivity (Wildman–Crippen MR) is 139 cm³/mol. The molecule has 0 spiro atoms. The smallest absolute Gasteiger partial charge is 0.242 e. The predicted octanol–water partition coefficient (Wildman–Crippen LogP) is 6.56. The maximum absolute atomic E-state index is 13.5. The van der Waals surface area contributed by atoms with Gasteiger partial charge in [0.1, 0.15) is 6.04 Å². The summed E-state index contributed by atoms with van der Waals surface area (Å²) >= 11 is 12.5. The van der Waals surface area contributed by atoms with Crippen molar-refractivity contribution in [3.05, 3.63) is 81.8 Å². The van der Waals surface area contributed by atoms with Crippen LogP contribution in [-0.2, 0) is 22.6 Å². The number of hydrogen-bond acceptors (Lipinski definition) is 2. The number of aryl methyl sites for hydroxylation is 1. The van der Waals surface area contributed by atoms with Gasteiger partial charge in [0.25, 0.3) is 0 Å². The Morgan fingerprint density at radius 1 is 1.00 bits per heavy atom. The van der Waals surface area contributed by atoms with E-state index in [0.717, 1.165) is 47.6 Å². The van der Waals surface area contributed by atoms with Gasteiger partial charge in [-0.3, -0.25) is 9.59 Å². The Balaban J connectivity index is 1.52. The lowest BCUT2D eigenvalue weighted by atomic mass is 10.0. The lowest BCUT2D eigenvalue weighted by Crippen LogP contribution is -2.49. The van der Waals surface area contributed by atoms with E-state index in [1.807, 2.05) is 24.3 Å². The third kappa shape index (κ3) is 5.92. The van der Waals surface area contributed by atoms with E-state index in [1.54, 1.807) is 24.0 Å². The summed E-state index contributed by atoms with van der Waals surface area (Å²) in [7, 11) is 0. The fourth-order valence-electron chi connectivity index (χ4n) is 4.70. The van der Waals surface area contributed by atoms with Crippen molar-refractivity contribution in [1.82, 2.24) is 10.2 Å². The Morgan fingerprint density at radius 2 is 1.74 bits per heavy atom. The summed E-state index contributed by atoms with van der Waals surface area (Å²) in [5.41, 5.74) is 1.89. The molecule has 1 unspecified atom stereocenters. The van der Waals surface area contributed by atoms with E-state index in [1.165, 1.54) is 0 Å². The lowest BCUT2D eigenvalue weighted by molar-refractivity contribution is -0.140. The quantitative estimate of drug-likeness (QED) is 0.384. The highest BCUT2D eigenvalue weighted by Crippen LogP contribution is 2.25. The highest BCUT2D eigenvalue weighted by atomic mass is 35.5. The Kier molecular flexibility index (Phi) is 8.12. The minimum Gasteiger partial charge on any atom is -0.352 e. The molecule has 0 radical (unpaired) electrons. The minimum absolute atomic E-state index is 0.0759. The van der Waals surface area contributed by atoms with Crippen molar-refractivity contribution in [2.24, 2.45) is 0 Å². The van der Waals surface area contributed by atoms with Crippen molar-refractivity contribution < 1.29 is 9.59 Å². The molecule has 0 aliphatic heterocycles. The summed E-state index contributed by atoms with van der Waals surface area (Å²) in [5.74, 6) is -0.191. The van der Waals surface area contributed by atoms with Crippen LogP contribution in [0.25, 0.3) is 10.8 Å². The second-order valence-electron chi connectivity index (χ2n) is 9.06. The van der Waals surface area contributed by atoms with Crippen LogP contribution < -0.4 is 5.32 Å². The topological polar surface area (TPSA) is 49.4 Å². The molecule has 0 bridgehead atoms. The number of rotatable bonds is 8. The molecule has 34 heavy (non-hydrogen) atoms. The van der Waals surface area contributed by atoms with E-state index in [2.05, 4.69) is 29.6 Å². The van der Waals surface area contributed by atoms with Gasteiger partial charge in [-0.1, -0.05) is 84.6 Å². The summed E-state index contributed by atoms with van der Waals surface area (Å²) in [4.78, 5) is 28.2. The van der Waals surface area contributed by atoms with E-state index < -0.39 is 6.04 Å². The molecule has 3 aromatic rings. The van der Waals surface area contributed by atoms with Crippen LogP contribution in [0.15, 0.2) is 60.7 Å². The van der Waals surface area contributed by atoms with Gasteiger partial charge in [-0.15, -0.1) is 0 Å². The van der Waals surface area contributed by atoms with Crippen molar-refractivity contribution in [2.45, 2.75) is 64.1 Å². The van der Waals surface area contributed by atoms with E-state index >= 15 is 0 Å². The fourth-order valence-corrected chi connectivity index (χ4v) is 5.17. The van der Waals surface area contributed by atoms with Gasteiger partial charge in [0.05, 0.1) is 0 Å². The first-order valence-electron chi connectivity index (χ1n) is 11.9. The van der Waals surface area contributed by atoms with Gasteiger partial charge in [-0.05, 0) is 60.2 Å². The maximum Gasteiger partial charge on any atom is 0.242 e.